The number of hydrogen-bond acceptors (Lipinski definition) is 5. The lowest BCUT2D eigenvalue weighted by Gasteiger charge is -2.29. The summed E-state index contributed by atoms with van der Waals surface area (Å²) >= 11 is 0. The average Bonchev–Trinajstić information content (AvgIpc) is 2.40. The fourth-order valence-corrected chi connectivity index (χ4v) is 1.42. The van der Waals surface area contributed by atoms with Crippen LogP contribution in [0.3, 0.4) is 0 Å². The monoisotopic (exact) mass is 257 g/mol. The first-order valence-electron chi connectivity index (χ1n) is 6.02. The third kappa shape index (κ3) is 5.29. The highest BCUT2D eigenvalue weighted by Gasteiger charge is 2.14. The van der Waals surface area contributed by atoms with Gasteiger partial charge in [0.15, 0.2) is 0 Å². The van der Waals surface area contributed by atoms with Gasteiger partial charge in [0.05, 0.1) is 13.0 Å². The molecular formula is C12H23N3O3. The lowest BCUT2D eigenvalue weighted by Crippen LogP contribution is -2.41. The summed E-state index contributed by atoms with van der Waals surface area (Å²) < 4.78 is 0. The first kappa shape index (κ1) is 16.6. The maximum absolute atomic E-state index is 11.2. The van der Waals surface area contributed by atoms with Gasteiger partial charge in [0.1, 0.15) is 12.0 Å². The van der Waals surface area contributed by atoms with Crippen LogP contribution in [0.5, 0.6) is 0 Å². The van der Waals surface area contributed by atoms with Crippen molar-refractivity contribution in [1.29, 1.82) is 0 Å². The number of aliphatic hydroxyl groups is 1. The highest BCUT2D eigenvalue weighted by atomic mass is 16.3. The van der Waals surface area contributed by atoms with Gasteiger partial charge in [-0.05, 0) is 0 Å². The van der Waals surface area contributed by atoms with Crippen LogP contribution in [-0.4, -0.2) is 61.0 Å². The Labute approximate surface area is 108 Å². The fraction of sp³-hybridized carbons (Fsp3) is 0.667. The molecule has 0 fully saturated rings. The largest absolute Gasteiger partial charge is 0.510 e. The van der Waals surface area contributed by atoms with Crippen LogP contribution in [-0.2, 0) is 9.59 Å². The van der Waals surface area contributed by atoms with E-state index >= 15 is 0 Å². The summed E-state index contributed by atoms with van der Waals surface area (Å²) in [5.74, 6) is -0.355. The van der Waals surface area contributed by atoms with Gasteiger partial charge in [-0.25, -0.2) is 10.0 Å². The molecule has 0 aliphatic carbocycles. The lowest BCUT2D eigenvalue weighted by atomic mass is 10.1. The summed E-state index contributed by atoms with van der Waals surface area (Å²) in [6.45, 7) is 5.69. The molecular weight excluding hydrogens is 234 g/mol. The molecule has 0 aliphatic rings. The highest BCUT2D eigenvalue weighted by Crippen LogP contribution is 2.07. The first-order chi connectivity index (χ1) is 8.49. The Bertz CT molecular complexity index is 316. The number of nitrogens with one attached hydrogen (secondary N) is 1. The van der Waals surface area contributed by atoms with E-state index in [9.17, 15) is 14.7 Å². The minimum Gasteiger partial charge on any atom is -0.510 e. The summed E-state index contributed by atoms with van der Waals surface area (Å²) in [5, 5.41) is 16.2. The fourth-order valence-electron chi connectivity index (χ4n) is 1.42. The summed E-state index contributed by atoms with van der Waals surface area (Å²) in [6.07, 6.45) is 0.434. The van der Waals surface area contributed by atoms with Crippen molar-refractivity contribution < 1.29 is 14.7 Å². The van der Waals surface area contributed by atoms with Crippen LogP contribution in [0.15, 0.2) is 11.3 Å². The van der Waals surface area contributed by atoms with Gasteiger partial charge in [-0.3, -0.25) is 9.59 Å². The van der Waals surface area contributed by atoms with Gasteiger partial charge in [0, 0.05) is 32.8 Å². The number of hydrazine groups is 1. The van der Waals surface area contributed by atoms with E-state index in [1.807, 2.05) is 30.9 Å². The molecule has 0 atom stereocenters. The SMILES string of the molecule is CCN(C)N(CC)C/C(O)=C(\C=O)CC(=O)NC. The van der Waals surface area contributed by atoms with E-state index in [1.165, 1.54) is 7.05 Å². The Morgan fingerprint density at radius 1 is 1.33 bits per heavy atom. The molecule has 6 heteroatoms. The molecule has 104 valence electrons. The van der Waals surface area contributed by atoms with Crippen molar-refractivity contribution in [3.05, 3.63) is 11.3 Å². The molecule has 0 rings (SSSR count). The molecule has 0 aromatic rings. The molecule has 6 nitrogen and oxygen atoms in total. The molecule has 0 aromatic carbocycles. The van der Waals surface area contributed by atoms with Gasteiger partial charge in [0.2, 0.25) is 5.91 Å². The van der Waals surface area contributed by atoms with Crippen LogP contribution in [0.4, 0.5) is 0 Å². The highest BCUT2D eigenvalue weighted by molar-refractivity contribution is 5.87. The second kappa shape index (κ2) is 8.66. The van der Waals surface area contributed by atoms with Crippen LogP contribution in [0.25, 0.3) is 0 Å². The predicted octanol–water partition coefficient (Wildman–Crippen LogP) is 0.322. The number of aldehydes is 1. The van der Waals surface area contributed by atoms with E-state index < -0.39 is 0 Å². The molecule has 0 unspecified atom stereocenters. The Morgan fingerprint density at radius 3 is 2.33 bits per heavy atom. The summed E-state index contributed by atoms with van der Waals surface area (Å²) in [4.78, 5) is 22.1. The average molecular weight is 257 g/mol. The molecule has 0 aliphatic heterocycles. The van der Waals surface area contributed by atoms with Crippen molar-refractivity contribution in [2.75, 3.05) is 33.7 Å². The molecule has 2 N–H and O–H groups in total. The molecule has 0 bridgehead atoms. The van der Waals surface area contributed by atoms with Gasteiger partial charge < -0.3 is 10.4 Å². The minimum atomic E-state index is -0.296. The molecule has 0 spiro atoms. The Kier molecular flexibility index (Phi) is 7.98. The third-order valence-corrected chi connectivity index (χ3v) is 2.78. The standard InChI is InChI=1S/C12H23N3O3/c1-5-14(4)15(6-2)8-11(17)10(9-16)7-12(18)13-3/h9,17H,5-8H2,1-4H3,(H,13,18)/b11-10+. The van der Waals surface area contributed by atoms with Gasteiger partial charge in [-0.2, -0.15) is 0 Å². The molecule has 0 heterocycles. The molecule has 0 aromatic heterocycles. The van der Waals surface area contributed by atoms with Crippen molar-refractivity contribution in [2.24, 2.45) is 0 Å². The van der Waals surface area contributed by atoms with E-state index in [2.05, 4.69) is 5.32 Å². The molecule has 0 saturated carbocycles. The first-order valence-corrected chi connectivity index (χ1v) is 6.02. The van der Waals surface area contributed by atoms with Crippen molar-refractivity contribution in [3.63, 3.8) is 0 Å². The van der Waals surface area contributed by atoms with Gasteiger partial charge in [-0.1, -0.05) is 13.8 Å². The zero-order chi connectivity index (χ0) is 14.1. The van der Waals surface area contributed by atoms with Crippen LogP contribution in [0.1, 0.15) is 20.3 Å². The lowest BCUT2D eigenvalue weighted by molar-refractivity contribution is -0.120. The van der Waals surface area contributed by atoms with Gasteiger partial charge in [-0.15, -0.1) is 0 Å². The van der Waals surface area contributed by atoms with E-state index in [0.717, 1.165) is 6.54 Å². The van der Waals surface area contributed by atoms with Crippen LogP contribution in [0.2, 0.25) is 0 Å². The number of aliphatic hydroxyl groups excluding tert-OH is 1. The van der Waals surface area contributed by atoms with Crippen LogP contribution >= 0.6 is 0 Å². The summed E-state index contributed by atoms with van der Waals surface area (Å²) in [6, 6.07) is 0. The molecule has 0 radical (unpaired) electrons. The maximum Gasteiger partial charge on any atom is 0.224 e. The zero-order valence-corrected chi connectivity index (χ0v) is 11.6. The van der Waals surface area contributed by atoms with Crippen molar-refractivity contribution in [1.82, 2.24) is 15.3 Å². The van der Waals surface area contributed by atoms with Crippen LogP contribution < -0.4 is 5.32 Å². The van der Waals surface area contributed by atoms with E-state index in [1.54, 1.807) is 0 Å². The summed E-state index contributed by atoms with van der Waals surface area (Å²) in [7, 11) is 3.39. The van der Waals surface area contributed by atoms with E-state index in [-0.39, 0.29) is 30.2 Å². The van der Waals surface area contributed by atoms with E-state index in [0.29, 0.717) is 12.8 Å². The van der Waals surface area contributed by atoms with Crippen molar-refractivity contribution in [3.8, 4) is 0 Å². The number of hydrogen-bond donors (Lipinski definition) is 2. The quantitative estimate of drug-likeness (QED) is 0.283. The van der Waals surface area contributed by atoms with Gasteiger partial charge in [0.25, 0.3) is 0 Å². The molecule has 0 saturated heterocycles. The third-order valence-electron chi connectivity index (χ3n) is 2.78. The van der Waals surface area contributed by atoms with E-state index in [4.69, 9.17) is 0 Å². The number of carbonyl (C=O) groups excluding carboxylic acids is 2. The zero-order valence-electron chi connectivity index (χ0n) is 11.6. The number of nitrogens with zero attached hydrogens (tertiary/aromatic N) is 2. The number of likely N-dealkylation sites (N-methyl/N-ethyl adjacent to an activating group) is 1. The van der Waals surface area contributed by atoms with Crippen LogP contribution in [0, 0.1) is 0 Å². The van der Waals surface area contributed by atoms with Crippen molar-refractivity contribution >= 4 is 12.2 Å². The second-order valence-electron chi connectivity index (χ2n) is 3.89. The number of amides is 1. The van der Waals surface area contributed by atoms with Crippen molar-refractivity contribution in [2.45, 2.75) is 20.3 Å². The Balaban J connectivity index is 4.78. The minimum absolute atomic E-state index is 0.0595. The topological polar surface area (TPSA) is 72.9 Å². The summed E-state index contributed by atoms with van der Waals surface area (Å²) in [5.41, 5.74) is 0.123. The predicted molar refractivity (Wildman–Crippen MR) is 70.0 cm³/mol. The normalized spacial score (nSPS) is 12.6. The smallest absolute Gasteiger partial charge is 0.224 e. The Morgan fingerprint density at radius 2 is 1.94 bits per heavy atom. The maximum atomic E-state index is 11.2. The second-order valence-corrected chi connectivity index (χ2v) is 3.89. The van der Waals surface area contributed by atoms with Gasteiger partial charge >= 0.3 is 0 Å². The number of rotatable bonds is 8. The molecule has 18 heavy (non-hydrogen) atoms. The molecule has 1 amide bonds. The number of carbonyl (C=O) groups is 2. The Hall–Kier alpha value is -1.40.